The molecule has 0 amide bonds. The molecule has 0 rings (SSSR count). The molecule has 7 nitrogen and oxygen atoms in total. The van der Waals surface area contributed by atoms with E-state index in [0.717, 1.165) is 84.7 Å². The lowest BCUT2D eigenvalue weighted by molar-refractivity contribution is -0.137. The zero-order chi connectivity index (χ0) is 19.8. The highest BCUT2D eigenvalue weighted by molar-refractivity contribution is 5.66. The standard InChI is InChI=1S/C20H45N5O2/c1-2-21-11-7-3-4-8-12-22-14-16-24-18-19-25-17-15-23-13-9-5-6-10-20(26)27/h21-25H,2-19H2,1H3,(H,26,27). The number of carboxylic acids is 1. The molecule has 0 saturated carbocycles. The second-order valence-electron chi connectivity index (χ2n) is 6.97. The number of aliphatic carboxylic acids is 1. The fraction of sp³-hybridized carbons (Fsp3) is 0.950. The van der Waals surface area contributed by atoms with E-state index in [0.29, 0.717) is 6.42 Å². The van der Waals surface area contributed by atoms with Gasteiger partial charge in [-0.1, -0.05) is 26.2 Å². The summed E-state index contributed by atoms with van der Waals surface area (Å²) in [7, 11) is 0. The first kappa shape index (κ1) is 26.3. The third-order valence-corrected chi connectivity index (χ3v) is 4.39. The van der Waals surface area contributed by atoms with Crippen LogP contribution in [0.2, 0.25) is 0 Å². The minimum atomic E-state index is -0.692. The van der Waals surface area contributed by atoms with Gasteiger partial charge >= 0.3 is 5.97 Å². The number of rotatable bonds is 23. The van der Waals surface area contributed by atoms with Crippen LogP contribution in [0.3, 0.4) is 0 Å². The molecule has 7 heteroatoms. The fourth-order valence-corrected chi connectivity index (χ4v) is 2.76. The van der Waals surface area contributed by atoms with Gasteiger partial charge in [0.2, 0.25) is 0 Å². The number of unbranched alkanes of at least 4 members (excludes halogenated alkanes) is 5. The molecule has 0 aromatic carbocycles. The molecule has 0 heterocycles. The van der Waals surface area contributed by atoms with E-state index in [4.69, 9.17) is 5.11 Å². The summed E-state index contributed by atoms with van der Waals surface area (Å²) in [5.41, 5.74) is 0. The van der Waals surface area contributed by atoms with Crippen LogP contribution in [0.25, 0.3) is 0 Å². The maximum absolute atomic E-state index is 10.4. The molecule has 0 aromatic rings. The smallest absolute Gasteiger partial charge is 0.303 e. The molecule has 0 unspecified atom stereocenters. The maximum atomic E-state index is 10.4. The third kappa shape index (κ3) is 25.3. The zero-order valence-electron chi connectivity index (χ0n) is 17.6. The first-order chi connectivity index (χ1) is 13.3. The van der Waals surface area contributed by atoms with E-state index in [-0.39, 0.29) is 0 Å². The van der Waals surface area contributed by atoms with E-state index in [9.17, 15) is 4.79 Å². The van der Waals surface area contributed by atoms with Crippen molar-refractivity contribution in [2.75, 3.05) is 65.4 Å². The van der Waals surface area contributed by atoms with Gasteiger partial charge in [0.05, 0.1) is 0 Å². The Bertz CT molecular complexity index is 306. The van der Waals surface area contributed by atoms with Gasteiger partial charge in [0, 0.05) is 45.7 Å². The summed E-state index contributed by atoms with van der Waals surface area (Å²) in [5, 5.41) is 25.6. The number of carbonyl (C=O) groups is 1. The first-order valence-corrected chi connectivity index (χ1v) is 11.0. The maximum Gasteiger partial charge on any atom is 0.303 e. The van der Waals surface area contributed by atoms with Crippen LogP contribution in [0, 0.1) is 0 Å². The number of hydrogen-bond donors (Lipinski definition) is 6. The monoisotopic (exact) mass is 387 g/mol. The van der Waals surface area contributed by atoms with Gasteiger partial charge in [0.25, 0.3) is 0 Å². The van der Waals surface area contributed by atoms with Crippen LogP contribution in [-0.2, 0) is 4.79 Å². The topological polar surface area (TPSA) is 97.5 Å². The summed E-state index contributed by atoms with van der Waals surface area (Å²) in [6.45, 7) is 12.5. The van der Waals surface area contributed by atoms with Crippen LogP contribution < -0.4 is 26.6 Å². The van der Waals surface area contributed by atoms with Gasteiger partial charge in [-0.15, -0.1) is 0 Å². The molecule has 0 aliphatic carbocycles. The molecule has 0 aliphatic rings. The Morgan fingerprint density at radius 3 is 1.33 bits per heavy atom. The second kappa shape index (κ2) is 23.3. The van der Waals surface area contributed by atoms with Gasteiger partial charge in [-0.2, -0.15) is 0 Å². The third-order valence-electron chi connectivity index (χ3n) is 4.39. The van der Waals surface area contributed by atoms with E-state index < -0.39 is 5.97 Å². The van der Waals surface area contributed by atoms with Crippen molar-refractivity contribution in [3.8, 4) is 0 Å². The largest absolute Gasteiger partial charge is 0.481 e. The van der Waals surface area contributed by atoms with Gasteiger partial charge in [0.15, 0.2) is 0 Å². The molecule has 0 saturated heterocycles. The Labute approximate surface area is 166 Å². The van der Waals surface area contributed by atoms with Crippen LogP contribution in [0.4, 0.5) is 0 Å². The Morgan fingerprint density at radius 2 is 0.926 bits per heavy atom. The van der Waals surface area contributed by atoms with Crippen LogP contribution in [0.15, 0.2) is 0 Å². The average molecular weight is 388 g/mol. The predicted octanol–water partition coefficient (Wildman–Crippen LogP) is 1.16. The molecule has 27 heavy (non-hydrogen) atoms. The van der Waals surface area contributed by atoms with Crippen LogP contribution in [0.5, 0.6) is 0 Å². The summed E-state index contributed by atoms with van der Waals surface area (Å²) in [6, 6.07) is 0. The lowest BCUT2D eigenvalue weighted by Gasteiger charge is -2.08. The summed E-state index contributed by atoms with van der Waals surface area (Å²) in [6.07, 6.45) is 8.35. The van der Waals surface area contributed by atoms with E-state index in [1.54, 1.807) is 0 Å². The predicted molar refractivity (Wildman–Crippen MR) is 115 cm³/mol. The van der Waals surface area contributed by atoms with Crippen molar-refractivity contribution in [2.24, 2.45) is 0 Å². The van der Waals surface area contributed by atoms with E-state index >= 15 is 0 Å². The minimum absolute atomic E-state index is 0.293. The van der Waals surface area contributed by atoms with Crippen molar-refractivity contribution < 1.29 is 9.90 Å². The molecule has 0 aliphatic heterocycles. The molecule has 6 N–H and O–H groups in total. The SMILES string of the molecule is CCNCCCCCCNCCNCCNCCNCCCCCC(=O)O. The number of carboxylic acid groups (broad SMARTS) is 1. The van der Waals surface area contributed by atoms with E-state index in [1.807, 2.05) is 0 Å². The van der Waals surface area contributed by atoms with Crippen molar-refractivity contribution in [1.29, 1.82) is 0 Å². The summed E-state index contributed by atoms with van der Waals surface area (Å²) in [4.78, 5) is 10.4. The normalized spacial score (nSPS) is 11.1. The highest BCUT2D eigenvalue weighted by Crippen LogP contribution is 1.98. The molecule has 0 atom stereocenters. The molecule has 162 valence electrons. The van der Waals surface area contributed by atoms with E-state index in [2.05, 4.69) is 33.5 Å². The lowest BCUT2D eigenvalue weighted by Crippen LogP contribution is -2.35. The van der Waals surface area contributed by atoms with Gasteiger partial charge in [-0.25, -0.2) is 0 Å². The molecular weight excluding hydrogens is 342 g/mol. The van der Waals surface area contributed by atoms with Crippen molar-refractivity contribution in [3.05, 3.63) is 0 Å². The number of nitrogens with one attached hydrogen (secondary N) is 5. The van der Waals surface area contributed by atoms with Crippen molar-refractivity contribution in [3.63, 3.8) is 0 Å². The molecular formula is C20H45N5O2. The van der Waals surface area contributed by atoms with Crippen molar-refractivity contribution in [1.82, 2.24) is 26.6 Å². The molecule has 0 spiro atoms. The zero-order valence-corrected chi connectivity index (χ0v) is 17.6. The Kier molecular flexibility index (Phi) is 22.7. The Hall–Kier alpha value is -0.730. The highest BCUT2D eigenvalue weighted by atomic mass is 16.4. The van der Waals surface area contributed by atoms with Gasteiger partial charge in [-0.05, 0) is 51.9 Å². The Balaban J connectivity index is 2.98. The summed E-state index contributed by atoms with van der Waals surface area (Å²) in [5.74, 6) is -0.692. The Morgan fingerprint density at radius 1 is 0.556 bits per heavy atom. The quantitative estimate of drug-likeness (QED) is 0.146. The lowest BCUT2D eigenvalue weighted by atomic mass is 10.2. The summed E-state index contributed by atoms with van der Waals surface area (Å²) < 4.78 is 0. The number of hydrogen-bond acceptors (Lipinski definition) is 6. The molecule has 0 bridgehead atoms. The second-order valence-corrected chi connectivity index (χ2v) is 6.97. The summed E-state index contributed by atoms with van der Waals surface area (Å²) >= 11 is 0. The van der Waals surface area contributed by atoms with Crippen molar-refractivity contribution >= 4 is 5.97 Å². The highest BCUT2D eigenvalue weighted by Gasteiger charge is 1.96. The van der Waals surface area contributed by atoms with Crippen LogP contribution >= 0.6 is 0 Å². The van der Waals surface area contributed by atoms with Crippen LogP contribution in [-0.4, -0.2) is 76.5 Å². The minimum Gasteiger partial charge on any atom is -0.481 e. The van der Waals surface area contributed by atoms with Gasteiger partial charge < -0.3 is 31.7 Å². The molecule has 0 radical (unpaired) electrons. The van der Waals surface area contributed by atoms with Gasteiger partial charge in [-0.3, -0.25) is 4.79 Å². The fourth-order valence-electron chi connectivity index (χ4n) is 2.76. The molecule has 0 fully saturated rings. The average Bonchev–Trinajstić information content (AvgIpc) is 2.65. The van der Waals surface area contributed by atoms with Gasteiger partial charge in [0.1, 0.15) is 0 Å². The molecule has 0 aromatic heterocycles. The van der Waals surface area contributed by atoms with E-state index in [1.165, 1.54) is 25.7 Å². The van der Waals surface area contributed by atoms with Crippen molar-refractivity contribution in [2.45, 2.75) is 58.3 Å². The van der Waals surface area contributed by atoms with Crippen LogP contribution in [0.1, 0.15) is 58.3 Å². The first-order valence-electron chi connectivity index (χ1n) is 11.0.